The van der Waals surface area contributed by atoms with Crippen molar-refractivity contribution in [2.24, 2.45) is 0 Å². The number of hydrogen-bond donors (Lipinski definition) is 0. The molecule has 0 aliphatic carbocycles. The Hall–Kier alpha value is -6.32. The SMILES string of the molecule is c1ccc(N(c2ccc(-c3ccc4c(ccc5ccc6oc7ccccc7c6c54)c3)cc2)c2ccc3c(c2)oc2ccccc23)cc1. The predicted molar refractivity (Wildman–Crippen MR) is 196 cm³/mol. The summed E-state index contributed by atoms with van der Waals surface area (Å²) in [6.45, 7) is 0. The van der Waals surface area contributed by atoms with Gasteiger partial charge >= 0.3 is 0 Å². The van der Waals surface area contributed by atoms with Gasteiger partial charge in [0.25, 0.3) is 0 Å². The Morgan fingerprint density at radius 1 is 0.319 bits per heavy atom. The van der Waals surface area contributed by atoms with E-state index in [9.17, 15) is 0 Å². The zero-order valence-corrected chi connectivity index (χ0v) is 25.4. The van der Waals surface area contributed by atoms with Crippen LogP contribution in [0.5, 0.6) is 0 Å². The van der Waals surface area contributed by atoms with E-state index >= 15 is 0 Å². The predicted octanol–water partition coefficient (Wildman–Crippen LogP) is 12.9. The molecule has 2 aromatic heterocycles. The summed E-state index contributed by atoms with van der Waals surface area (Å²) < 4.78 is 12.5. The lowest BCUT2D eigenvalue weighted by molar-refractivity contribution is 0.668. The standard InChI is InChI=1S/C44H27NO2/c1-2-8-32(9-3-1)45(34-22-24-37-36-10-4-6-12-39(36)47-42(37)27-34)33-20-16-28(17-21-33)30-18-23-35-31(26-30)15-14-29-19-25-41-44(43(29)35)38-11-5-7-13-40(38)46-41/h1-27H. The molecule has 0 bridgehead atoms. The Morgan fingerprint density at radius 2 is 0.915 bits per heavy atom. The third-order valence-corrected chi connectivity index (χ3v) is 9.43. The van der Waals surface area contributed by atoms with Crippen LogP contribution >= 0.6 is 0 Å². The molecule has 0 aliphatic rings. The smallest absolute Gasteiger partial charge is 0.137 e. The molecule has 2 heterocycles. The molecule has 3 heteroatoms. The maximum absolute atomic E-state index is 6.26. The van der Waals surface area contributed by atoms with E-state index in [1.165, 1.54) is 38.1 Å². The molecule has 10 aromatic rings. The first-order valence-electron chi connectivity index (χ1n) is 15.9. The molecule has 47 heavy (non-hydrogen) atoms. The van der Waals surface area contributed by atoms with E-state index in [2.05, 4.69) is 144 Å². The van der Waals surface area contributed by atoms with E-state index in [0.717, 1.165) is 55.6 Å². The minimum Gasteiger partial charge on any atom is -0.456 e. The molecule has 220 valence electrons. The van der Waals surface area contributed by atoms with E-state index in [1.807, 2.05) is 24.3 Å². The van der Waals surface area contributed by atoms with Crippen molar-refractivity contribution in [1.82, 2.24) is 0 Å². The Morgan fingerprint density at radius 3 is 1.77 bits per heavy atom. The Labute approximate surface area is 270 Å². The van der Waals surface area contributed by atoms with Gasteiger partial charge in [0.05, 0.1) is 0 Å². The van der Waals surface area contributed by atoms with Crippen LogP contribution < -0.4 is 4.90 Å². The third-order valence-electron chi connectivity index (χ3n) is 9.43. The van der Waals surface area contributed by atoms with Gasteiger partial charge in [-0.2, -0.15) is 0 Å². The number of hydrogen-bond acceptors (Lipinski definition) is 3. The van der Waals surface area contributed by atoms with Crippen molar-refractivity contribution in [3.05, 3.63) is 164 Å². The summed E-state index contributed by atoms with van der Waals surface area (Å²) in [5.41, 5.74) is 9.20. The number of para-hydroxylation sites is 3. The van der Waals surface area contributed by atoms with E-state index in [1.54, 1.807) is 0 Å². The normalized spacial score (nSPS) is 11.8. The van der Waals surface area contributed by atoms with Gasteiger partial charge in [0, 0.05) is 50.1 Å². The lowest BCUT2D eigenvalue weighted by Crippen LogP contribution is -2.09. The van der Waals surface area contributed by atoms with Crippen LogP contribution in [0.3, 0.4) is 0 Å². The van der Waals surface area contributed by atoms with E-state index < -0.39 is 0 Å². The minimum atomic E-state index is 0.880. The average molecular weight is 602 g/mol. The lowest BCUT2D eigenvalue weighted by atomic mass is 9.95. The van der Waals surface area contributed by atoms with Gasteiger partial charge in [-0.15, -0.1) is 0 Å². The molecule has 0 spiro atoms. The third kappa shape index (κ3) is 4.07. The van der Waals surface area contributed by atoms with Crippen LogP contribution in [0.15, 0.2) is 173 Å². The van der Waals surface area contributed by atoms with Crippen molar-refractivity contribution in [1.29, 1.82) is 0 Å². The van der Waals surface area contributed by atoms with Crippen molar-refractivity contribution < 1.29 is 8.83 Å². The van der Waals surface area contributed by atoms with Crippen molar-refractivity contribution >= 4 is 82.5 Å². The molecule has 0 atom stereocenters. The molecular formula is C44H27NO2. The summed E-state index contributed by atoms with van der Waals surface area (Å²) >= 11 is 0. The number of rotatable bonds is 4. The van der Waals surface area contributed by atoms with E-state index in [-0.39, 0.29) is 0 Å². The second-order valence-corrected chi connectivity index (χ2v) is 12.1. The van der Waals surface area contributed by atoms with Gasteiger partial charge in [-0.05, 0) is 87.9 Å². The number of benzene rings is 8. The van der Waals surface area contributed by atoms with Gasteiger partial charge in [0.1, 0.15) is 22.3 Å². The number of fused-ring (bicyclic) bond motifs is 10. The van der Waals surface area contributed by atoms with Crippen LogP contribution in [-0.4, -0.2) is 0 Å². The average Bonchev–Trinajstić information content (AvgIpc) is 3.70. The quantitative estimate of drug-likeness (QED) is 0.188. The Bertz CT molecular complexity index is 2790. The summed E-state index contributed by atoms with van der Waals surface area (Å²) in [7, 11) is 0. The fraction of sp³-hybridized carbons (Fsp3) is 0. The van der Waals surface area contributed by atoms with Crippen molar-refractivity contribution in [2.45, 2.75) is 0 Å². The summed E-state index contributed by atoms with van der Waals surface area (Å²) in [5, 5.41) is 9.50. The number of anilines is 3. The monoisotopic (exact) mass is 601 g/mol. The number of nitrogens with zero attached hydrogens (tertiary/aromatic N) is 1. The molecule has 10 rings (SSSR count). The lowest BCUT2D eigenvalue weighted by Gasteiger charge is -2.25. The molecule has 0 unspecified atom stereocenters. The largest absolute Gasteiger partial charge is 0.456 e. The maximum atomic E-state index is 6.26. The fourth-order valence-electron chi connectivity index (χ4n) is 7.23. The molecule has 0 aliphatic heterocycles. The molecule has 0 saturated carbocycles. The highest BCUT2D eigenvalue weighted by molar-refractivity contribution is 6.26. The minimum absolute atomic E-state index is 0.880. The van der Waals surface area contributed by atoms with Crippen LogP contribution in [0.4, 0.5) is 17.1 Å². The van der Waals surface area contributed by atoms with Gasteiger partial charge < -0.3 is 13.7 Å². The van der Waals surface area contributed by atoms with Crippen molar-refractivity contribution in [3.8, 4) is 11.1 Å². The first-order valence-corrected chi connectivity index (χ1v) is 15.9. The van der Waals surface area contributed by atoms with E-state index in [4.69, 9.17) is 8.83 Å². The second-order valence-electron chi connectivity index (χ2n) is 12.1. The molecule has 0 amide bonds. The highest BCUT2D eigenvalue weighted by atomic mass is 16.3. The van der Waals surface area contributed by atoms with Crippen molar-refractivity contribution in [3.63, 3.8) is 0 Å². The van der Waals surface area contributed by atoms with Crippen molar-refractivity contribution in [2.75, 3.05) is 4.90 Å². The summed E-state index contributed by atoms with van der Waals surface area (Å²) in [4.78, 5) is 2.28. The van der Waals surface area contributed by atoms with Crippen LogP contribution in [0.25, 0.3) is 76.5 Å². The first kappa shape index (κ1) is 26.0. The topological polar surface area (TPSA) is 29.5 Å². The molecule has 0 fully saturated rings. The van der Waals surface area contributed by atoms with E-state index in [0.29, 0.717) is 0 Å². The van der Waals surface area contributed by atoms with Crippen LogP contribution in [0.1, 0.15) is 0 Å². The summed E-state index contributed by atoms with van der Waals surface area (Å²) in [5.74, 6) is 0. The van der Waals surface area contributed by atoms with Crippen LogP contribution in [-0.2, 0) is 0 Å². The first-order chi connectivity index (χ1) is 23.3. The Balaban J connectivity index is 1.07. The number of furan rings is 2. The van der Waals surface area contributed by atoms with Crippen LogP contribution in [0.2, 0.25) is 0 Å². The highest BCUT2D eigenvalue weighted by Gasteiger charge is 2.16. The second kappa shape index (κ2) is 10.1. The van der Waals surface area contributed by atoms with Gasteiger partial charge in [0.15, 0.2) is 0 Å². The maximum Gasteiger partial charge on any atom is 0.137 e. The van der Waals surface area contributed by atoms with Gasteiger partial charge in [0.2, 0.25) is 0 Å². The van der Waals surface area contributed by atoms with Gasteiger partial charge in [-0.1, -0.05) is 97.1 Å². The fourth-order valence-corrected chi connectivity index (χ4v) is 7.23. The molecular weight excluding hydrogens is 574 g/mol. The summed E-state index contributed by atoms with van der Waals surface area (Å²) in [6, 6.07) is 57.9. The zero-order chi connectivity index (χ0) is 30.9. The summed E-state index contributed by atoms with van der Waals surface area (Å²) in [6.07, 6.45) is 0. The Kier molecular flexibility index (Phi) is 5.57. The molecule has 0 radical (unpaired) electrons. The highest BCUT2D eigenvalue weighted by Crippen LogP contribution is 2.41. The molecule has 8 aromatic carbocycles. The zero-order valence-electron chi connectivity index (χ0n) is 25.4. The van der Waals surface area contributed by atoms with Gasteiger partial charge in [-0.3, -0.25) is 0 Å². The van der Waals surface area contributed by atoms with Gasteiger partial charge in [-0.25, -0.2) is 0 Å². The van der Waals surface area contributed by atoms with Crippen LogP contribution in [0, 0.1) is 0 Å². The molecule has 0 N–H and O–H groups in total. The molecule has 3 nitrogen and oxygen atoms in total. The molecule has 0 saturated heterocycles.